The van der Waals surface area contributed by atoms with Gasteiger partial charge in [0.1, 0.15) is 6.04 Å². The molecule has 0 aliphatic carbocycles. The Morgan fingerprint density at radius 1 is 1.18 bits per heavy atom. The molecule has 3 heterocycles. The van der Waals surface area contributed by atoms with Gasteiger partial charge in [-0.2, -0.15) is 5.10 Å². The smallest absolute Gasteiger partial charge is 0.244 e. The fraction of sp³-hybridized carbons (Fsp3) is 0.150. The summed E-state index contributed by atoms with van der Waals surface area (Å²) in [4.78, 5) is 19.9. The fourth-order valence-corrected chi connectivity index (χ4v) is 4.96. The summed E-state index contributed by atoms with van der Waals surface area (Å²) in [6.07, 6.45) is 2.00. The minimum atomic E-state index is -0.641. The molecule has 2 aromatic heterocycles. The number of carbonyl (C=O) groups excluding carboxylic acids is 1. The second kappa shape index (κ2) is 7.05. The van der Waals surface area contributed by atoms with Crippen molar-refractivity contribution in [1.82, 2.24) is 19.1 Å². The summed E-state index contributed by atoms with van der Waals surface area (Å²) < 4.78 is 3.03. The summed E-state index contributed by atoms with van der Waals surface area (Å²) in [5.74, 6) is -0.0703. The number of aromatic nitrogens is 3. The molecule has 0 saturated carbocycles. The van der Waals surface area contributed by atoms with Crippen LogP contribution in [0.5, 0.6) is 0 Å². The molecule has 28 heavy (non-hydrogen) atoms. The van der Waals surface area contributed by atoms with Gasteiger partial charge in [-0.15, -0.1) is 11.3 Å². The average Bonchev–Trinajstić information content (AvgIpc) is 3.42. The minimum absolute atomic E-state index is 0.0703. The van der Waals surface area contributed by atoms with Crippen LogP contribution in [0.2, 0.25) is 0 Å². The van der Waals surface area contributed by atoms with Gasteiger partial charge in [-0.25, -0.2) is 9.07 Å². The van der Waals surface area contributed by atoms with Crippen LogP contribution in [-0.4, -0.2) is 25.0 Å². The molecule has 4 aromatic rings. The van der Waals surface area contributed by atoms with E-state index in [0.29, 0.717) is 13.1 Å². The van der Waals surface area contributed by atoms with E-state index in [2.05, 4.69) is 16.1 Å². The highest BCUT2D eigenvalue weighted by molar-refractivity contribution is 7.97. The number of carbonyl (C=O) groups is 1. The zero-order valence-corrected chi connectivity index (χ0v) is 16.5. The Morgan fingerprint density at radius 3 is 2.86 bits per heavy atom. The summed E-state index contributed by atoms with van der Waals surface area (Å²) in [6.45, 7) is 1.04. The number of thiazole rings is 1. The maximum absolute atomic E-state index is 12.7. The molecule has 0 radical (unpaired) electrons. The Bertz CT molecular complexity index is 1130. The van der Waals surface area contributed by atoms with Gasteiger partial charge in [0.2, 0.25) is 5.91 Å². The van der Waals surface area contributed by atoms with E-state index in [1.807, 2.05) is 58.3 Å². The summed E-state index contributed by atoms with van der Waals surface area (Å²) >= 11 is 3.19. The first-order chi connectivity index (χ1) is 13.7. The monoisotopic (exact) mass is 407 g/mol. The van der Waals surface area contributed by atoms with E-state index in [-0.39, 0.29) is 5.91 Å². The van der Waals surface area contributed by atoms with Crippen molar-refractivity contribution in [2.45, 2.75) is 24.0 Å². The van der Waals surface area contributed by atoms with Crippen molar-refractivity contribution < 1.29 is 4.79 Å². The van der Waals surface area contributed by atoms with Gasteiger partial charge in [-0.1, -0.05) is 30.3 Å². The van der Waals surface area contributed by atoms with Gasteiger partial charge < -0.3 is 10.6 Å². The third-order valence-electron chi connectivity index (χ3n) is 4.80. The molecule has 1 amide bonds. The molecule has 1 aliphatic rings. The molecule has 0 fully saturated rings. The normalized spacial score (nSPS) is 14.4. The lowest BCUT2D eigenvalue weighted by atomic mass is 10.1. The summed E-state index contributed by atoms with van der Waals surface area (Å²) in [7, 11) is 0. The molecule has 8 heteroatoms. The van der Waals surface area contributed by atoms with E-state index < -0.39 is 6.04 Å². The highest BCUT2D eigenvalue weighted by atomic mass is 32.2. The van der Waals surface area contributed by atoms with Gasteiger partial charge in [0.25, 0.3) is 0 Å². The number of nitrogens with zero attached hydrogens (tertiary/aromatic N) is 4. The topological polar surface area (TPSA) is 77.0 Å². The fourth-order valence-electron chi connectivity index (χ4n) is 3.33. The molecule has 0 bridgehead atoms. The highest BCUT2D eigenvalue weighted by Crippen LogP contribution is 2.30. The van der Waals surface area contributed by atoms with Crippen LogP contribution in [0.4, 0.5) is 0 Å². The predicted octanol–water partition coefficient (Wildman–Crippen LogP) is 3.59. The predicted molar refractivity (Wildman–Crippen MR) is 111 cm³/mol. The number of benzene rings is 2. The maximum Gasteiger partial charge on any atom is 0.244 e. The lowest BCUT2D eigenvalue weighted by molar-refractivity contribution is -0.133. The van der Waals surface area contributed by atoms with E-state index in [1.54, 1.807) is 28.2 Å². The molecule has 1 unspecified atom stereocenters. The molecule has 1 atom stereocenters. The van der Waals surface area contributed by atoms with E-state index in [1.165, 1.54) is 0 Å². The Kier molecular flexibility index (Phi) is 4.38. The first kappa shape index (κ1) is 17.4. The zero-order chi connectivity index (χ0) is 19.1. The second-order valence-corrected chi connectivity index (χ2v) is 8.57. The van der Waals surface area contributed by atoms with Crippen molar-refractivity contribution in [2.75, 3.05) is 0 Å². The maximum atomic E-state index is 12.7. The molecular weight excluding hydrogens is 390 g/mol. The quantitative estimate of drug-likeness (QED) is 0.559. The molecule has 6 nitrogen and oxygen atoms in total. The lowest BCUT2D eigenvalue weighted by Gasteiger charge is -2.20. The molecule has 5 rings (SSSR count). The van der Waals surface area contributed by atoms with E-state index in [4.69, 9.17) is 5.73 Å². The zero-order valence-electron chi connectivity index (χ0n) is 14.9. The minimum Gasteiger partial charge on any atom is -0.331 e. The Labute approximate surface area is 170 Å². The first-order valence-corrected chi connectivity index (χ1v) is 10.5. The van der Waals surface area contributed by atoms with Crippen molar-refractivity contribution in [3.05, 3.63) is 77.1 Å². The van der Waals surface area contributed by atoms with Crippen molar-refractivity contribution >= 4 is 39.4 Å². The SMILES string of the molecule is NC(C(=O)N1Cc2cn(Sc3ccc4ncsc4c3)nc2C1)c1ccccc1. The van der Waals surface area contributed by atoms with Gasteiger partial charge in [0.05, 0.1) is 28.0 Å². The summed E-state index contributed by atoms with van der Waals surface area (Å²) in [5.41, 5.74) is 11.9. The third-order valence-corrected chi connectivity index (χ3v) is 6.43. The van der Waals surface area contributed by atoms with Gasteiger partial charge in [0, 0.05) is 35.1 Å². The van der Waals surface area contributed by atoms with Gasteiger partial charge in [0.15, 0.2) is 0 Å². The van der Waals surface area contributed by atoms with E-state index in [9.17, 15) is 4.79 Å². The van der Waals surface area contributed by atoms with E-state index >= 15 is 0 Å². The Balaban J connectivity index is 1.28. The van der Waals surface area contributed by atoms with Crippen LogP contribution < -0.4 is 5.73 Å². The van der Waals surface area contributed by atoms with Crippen LogP contribution in [0, 0.1) is 0 Å². The van der Waals surface area contributed by atoms with Gasteiger partial charge in [-0.3, -0.25) is 4.79 Å². The number of fused-ring (bicyclic) bond motifs is 2. The van der Waals surface area contributed by atoms with Crippen molar-refractivity contribution in [3.63, 3.8) is 0 Å². The van der Waals surface area contributed by atoms with Gasteiger partial charge >= 0.3 is 0 Å². The molecular formula is C20H17N5OS2. The van der Waals surface area contributed by atoms with Crippen LogP contribution in [-0.2, 0) is 17.9 Å². The highest BCUT2D eigenvalue weighted by Gasteiger charge is 2.30. The average molecular weight is 408 g/mol. The standard InChI is InChI=1S/C20H17N5OS2/c21-19(13-4-2-1-3-5-13)20(26)24-9-14-10-25(23-17(14)11-24)28-15-6-7-16-18(8-15)27-12-22-16/h1-8,10,12,19H,9,11,21H2. The second-order valence-electron chi connectivity index (χ2n) is 6.66. The molecule has 2 N–H and O–H groups in total. The van der Waals surface area contributed by atoms with Crippen LogP contribution in [0.3, 0.4) is 0 Å². The van der Waals surface area contributed by atoms with Crippen molar-refractivity contribution in [3.8, 4) is 0 Å². The molecule has 0 spiro atoms. The number of amides is 1. The molecule has 0 saturated heterocycles. The number of hydrogen-bond donors (Lipinski definition) is 1. The molecule has 140 valence electrons. The third kappa shape index (κ3) is 3.19. The number of nitrogens with two attached hydrogens (primary N) is 1. The molecule has 1 aliphatic heterocycles. The van der Waals surface area contributed by atoms with Gasteiger partial charge in [-0.05, 0) is 23.8 Å². The molecule has 2 aromatic carbocycles. The Hall–Kier alpha value is -2.68. The summed E-state index contributed by atoms with van der Waals surface area (Å²) in [5, 5.41) is 4.65. The number of rotatable bonds is 4. The van der Waals surface area contributed by atoms with Crippen LogP contribution >= 0.6 is 23.3 Å². The largest absolute Gasteiger partial charge is 0.331 e. The van der Waals surface area contributed by atoms with Crippen LogP contribution in [0.15, 0.2) is 65.1 Å². The van der Waals surface area contributed by atoms with Crippen LogP contribution in [0.1, 0.15) is 22.9 Å². The van der Waals surface area contributed by atoms with Crippen LogP contribution in [0.25, 0.3) is 10.2 Å². The Morgan fingerprint density at radius 2 is 2.04 bits per heavy atom. The first-order valence-electron chi connectivity index (χ1n) is 8.86. The van der Waals surface area contributed by atoms with Crippen molar-refractivity contribution in [1.29, 1.82) is 0 Å². The van der Waals surface area contributed by atoms with Crippen molar-refractivity contribution in [2.24, 2.45) is 5.73 Å². The van der Waals surface area contributed by atoms with E-state index in [0.717, 1.165) is 31.9 Å². The number of hydrogen-bond acceptors (Lipinski definition) is 6. The summed E-state index contributed by atoms with van der Waals surface area (Å²) in [6, 6.07) is 15.0. The lowest BCUT2D eigenvalue weighted by Crippen LogP contribution is -2.35.